The van der Waals surface area contributed by atoms with Crippen LogP contribution in [0.4, 0.5) is 10.1 Å². The molecule has 0 aliphatic heterocycles. The highest BCUT2D eigenvalue weighted by Gasteiger charge is 2.13. The first-order valence-electron chi connectivity index (χ1n) is 8.77. The number of amides is 2. The summed E-state index contributed by atoms with van der Waals surface area (Å²) in [6, 6.07) is 12.0. The van der Waals surface area contributed by atoms with E-state index in [1.54, 1.807) is 18.2 Å². The number of likely N-dealkylation sites (N-methyl/N-ethyl adjacent to an activating group) is 1. The van der Waals surface area contributed by atoms with Gasteiger partial charge in [-0.2, -0.15) is 0 Å². The number of hydrogen-bond acceptors (Lipinski definition) is 5. The van der Waals surface area contributed by atoms with Gasteiger partial charge in [0.05, 0.1) is 25.1 Å². The van der Waals surface area contributed by atoms with Crippen LogP contribution in [0.15, 0.2) is 47.4 Å². The normalized spacial score (nSPS) is 10.7. The van der Waals surface area contributed by atoms with Crippen LogP contribution < -0.4 is 15.8 Å². The Morgan fingerprint density at radius 1 is 1.25 bits per heavy atom. The fourth-order valence-corrected chi connectivity index (χ4v) is 3.33. The highest BCUT2D eigenvalue weighted by molar-refractivity contribution is 8.00. The van der Waals surface area contributed by atoms with Crippen LogP contribution in [0.5, 0.6) is 5.75 Å². The number of carbonyl (C=O) groups is 2. The summed E-state index contributed by atoms with van der Waals surface area (Å²) < 4.78 is 18.8. The SMILES string of the molecule is CCN(CC(=O)Nc1ccccc1SCC(N)=O)Cc1ccc(OC)c(F)c1. The predicted molar refractivity (Wildman–Crippen MR) is 109 cm³/mol. The summed E-state index contributed by atoms with van der Waals surface area (Å²) in [4.78, 5) is 26.2. The molecule has 0 radical (unpaired) electrons. The molecule has 0 saturated heterocycles. The molecule has 150 valence electrons. The number of para-hydroxylation sites is 1. The van der Waals surface area contributed by atoms with Crippen molar-refractivity contribution in [2.75, 3.05) is 31.3 Å². The molecule has 2 aromatic carbocycles. The first-order valence-corrected chi connectivity index (χ1v) is 9.76. The van der Waals surface area contributed by atoms with E-state index in [4.69, 9.17) is 10.5 Å². The Morgan fingerprint density at radius 2 is 2.00 bits per heavy atom. The van der Waals surface area contributed by atoms with Gasteiger partial charge in [-0.05, 0) is 36.4 Å². The molecule has 8 heteroatoms. The van der Waals surface area contributed by atoms with Gasteiger partial charge in [0.1, 0.15) is 0 Å². The summed E-state index contributed by atoms with van der Waals surface area (Å²) in [5.41, 5.74) is 6.57. The zero-order valence-corrected chi connectivity index (χ0v) is 16.7. The Hall–Kier alpha value is -2.58. The number of halogens is 1. The molecule has 0 heterocycles. The number of methoxy groups -OCH3 is 1. The fourth-order valence-electron chi connectivity index (χ4n) is 2.58. The van der Waals surface area contributed by atoms with Crippen LogP contribution in [0.2, 0.25) is 0 Å². The molecule has 0 fully saturated rings. The molecular weight excluding hydrogens is 381 g/mol. The van der Waals surface area contributed by atoms with Crippen LogP contribution in [-0.2, 0) is 16.1 Å². The first kappa shape index (κ1) is 21.7. The number of primary amides is 1. The van der Waals surface area contributed by atoms with Crippen molar-refractivity contribution in [3.8, 4) is 5.75 Å². The molecule has 0 saturated carbocycles. The molecule has 0 atom stereocenters. The second kappa shape index (κ2) is 10.7. The van der Waals surface area contributed by atoms with Gasteiger partial charge in [-0.15, -0.1) is 11.8 Å². The fraction of sp³-hybridized carbons (Fsp3) is 0.300. The van der Waals surface area contributed by atoms with Gasteiger partial charge in [-0.1, -0.05) is 25.1 Å². The van der Waals surface area contributed by atoms with Gasteiger partial charge >= 0.3 is 0 Å². The number of benzene rings is 2. The third kappa shape index (κ3) is 6.54. The smallest absolute Gasteiger partial charge is 0.238 e. The maximum atomic E-state index is 13.9. The Bertz CT molecular complexity index is 832. The Labute approximate surface area is 168 Å². The minimum atomic E-state index is -0.430. The molecule has 0 unspecified atom stereocenters. The molecule has 2 aromatic rings. The van der Waals surface area contributed by atoms with E-state index in [9.17, 15) is 14.0 Å². The number of nitrogens with zero attached hydrogens (tertiary/aromatic N) is 1. The van der Waals surface area contributed by atoms with Gasteiger partial charge in [-0.3, -0.25) is 14.5 Å². The molecule has 2 amide bonds. The maximum absolute atomic E-state index is 13.9. The number of nitrogens with two attached hydrogens (primary N) is 1. The maximum Gasteiger partial charge on any atom is 0.238 e. The number of carbonyl (C=O) groups excluding carboxylic acids is 2. The van der Waals surface area contributed by atoms with Crippen molar-refractivity contribution in [1.29, 1.82) is 0 Å². The lowest BCUT2D eigenvalue weighted by Gasteiger charge is -2.20. The number of nitrogens with one attached hydrogen (secondary N) is 1. The first-order chi connectivity index (χ1) is 13.4. The van der Waals surface area contributed by atoms with Crippen molar-refractivity contribution in [2.24, 2.45) is 5.73 Å². The summed E-state index contributed by atoms with van der Waals surface area (Å²) in [5.74, 6) is -0.717. The lowest BCUT2D eigenvalue weighted by molar-refractivity contribution is -0.117. The predicted octanol–water partition coefficient (Wildman–Crippen LogP) is 2.87. The number of rotatable bonds is 10. The van der Waals surface area contributed by atoms with Crippen LogP contribution in [0, 0.1) is 5.82 Å². The zero-order valence-electron chi connectivity index (χ0n) is 15.9. The highest BCUT2D eigenvalue weighted by Crippen LogP contribution is 2.26. The number of hydrogen-bond donors (Lipinski definition) is 2. The van der Waals surface area contributed by atoms with Crippen molar-refractivity contribution in [3.63, 3.8) is 0 Å². The number of anilines is 1. The minimum Gasteiger partial charge on any atom is -0.494 e. The zero-order chi connectivity index (χ0) is 20.5. The number of thioether (sulfide) groups is 1. The van der Waals surface area contributed by atoms with E-state index in [2.05, 4.69) is 5.32 Å². The molecule has 0 aliphatic carbocycles. The standard InChI is InChI=1S/C20H24FN3O3S/c1-3-24(11-14-8-9-17(27-2)15(21)10-14)12-20(26)23-16-6-4-5-7-18(16)28-13-19(22)25/h4-10H,3,11-13H2,1-2H3,(H2,22,25)(H,23,26). The summed E-state index contributed by atoms with van der Waals surface area (Å²) in [7, 11) is 1.42. The van der Waals surface area contributed by atoms with Crippen molar-refractivity contribution in [2.45, 2.75) is 18.4 Å². The van der Waals surface area contributed by atoms with E-state index in [1.165, 1.54) is 24.9 Å². The number of ether oxygens (including phenoxy) is 1. The van der Waals surface area contributed by atoms with Crippen LogP contribution in [0.25, 0.3) is 0 Å². The molecule has 3 N–H and O–H groups in total. The van der Waals surface area contributed by atoms with Crippen molar-refractivity contribution < 1.29 is 18.7 Å². The molecule has 0 aliphatic rings. The topological polar surface area (TPSA) is 84.7 Å². The molecule has 6 nitrogen and oxygen atoms in total. The third-order valence-corrected chi connectivity index (χ3v) is 5.06. The quantitative estimate of drug-likeness (QED) is 0.594. The van der Waals surface area contributed by atoms with E-state index in [1.807, 2.05) is 30.0 Å². The Morgan fingerprint density at radius 3 is 2.64 bits per heavy atom. The second-order valence-corrected chi connectivity index (χ2v) is 7.09. The third-order valence-electron chi connectivity index (χ3n) is 3.97. The van der Waals surface area contributed by atoms with Crippen molar-refractivity contribution >= 4 is 29.3 Å². The van der Waals surface area contributed by atoms with Gasteiger partial charge < -0.3 is 15.8 Å². The van der Waals surface area contributed by atoms with Crippen molar-refractivity contribution in [3.05, 3.63) is 53.8 Å². The Balaban J connectivity index is 1.99. The van der Waals surface area contributed by atoms with E-state index < -0.39 is 11.7 Å². The molecule has 0 spiro atoms. The Kier molecular flexibility index (Phi) is 8.28. The molecular formula is C20H24FN3O3S. The van der Waals surface area contributed by atoms with Gasteiger partial charge in [0.25, 0.3) is 0 Å². The van der Waals surface area contributed by atoms with E-state index in [-0.39, 0.29) is 24.0 Å². The average Bonchev–Trinajstić information content (AvgIpc) is 2.66. The summed E-state index contributed by atoms with van der Waals surface area (Å²) in [6.07, 6.45) is 0. The van der Waals surface area contributed by atoms with Crippen molar-refractivity contribution in [1.82, 2.24) is 4.90 Å². The minimum absolute atomic E-state index is 0.136. The highest BCUT2D eigenvalue weighted by atomic mass is 32.2. The summed E-state index contributed by atoms with van der Waals surface area (Å²) in [6.45, 7) is 3.14. The second-order valence-electron chi connectivity index (χ2n) is 6.07. The molecule has 0 bridgehead atoms. The molecule has 28 heavy (non-hydrogen) atoms. The van der Waals surface area contributed by atoms with Crippen LogP contribution in [0.1, 0.15) is 12.5 Å². The lowest BCUT2D eigenvalue weighted by Crippen LogP contribution is -2.32. The van der Waals surface area contributed by atoms with E-state index in [0.717, 1.165) is 10.5 Å². The lowest BCUT2D eigenvalue weighted by atomic mass is 10.2. The molecule has 0 aromatic heterocycles. The van der Waals surface area contributed by atoms with Gasteiger partial charge in [0.2, 0.25) is 11.8 Å². The average molecular weight is 405 g/mol. The van der Waals surface area contributed by atoms with Gasteiger partial charge in [-0.25, -0.2) is 4.39 Å². The van der Waals surface area contributed by atoms with Crippen LogP contribution in [0.3, 0.4) is 0 Å². The van der Waals surface area contributed by atoms with Gasteiger partial charge in [0, 0.05) is 11.4 Å². The summed E-state index contributed by atoms with van der Waals surface area (Å²) in [5, 5.41) is 2.87. The molecule has 2 rings (SSSR count). The van der Waals surface area contributed by atoms with Crippen LogP contribution in [-0.4, -0.2) is 42.7 Å². The van der Waals surface area contributed by atoms with E-state index >= 15 is 0 Å². The van der Waals surface area contributed by atoms with Gasteiger partial charge in [0.15, 0.2) is 11.6 Å². The van der Waals surface area contributed by atoms with Crippen LogP contribution >= 0.6 is 11.8 Å². The summed E-state index contributed by atoms with van der Waals surface area (Å²) >= 11 is 1.27. The van der Waals surface area contributed by atoms with E-state index in [0.29, 0.717) is 18.8 Å². The monoisotopic (exact) mass is 405 g/mol. The largest absolute Gasteiger partial charge is 0.494 e.